The highest BCUT2D eigenvalue weighted by molar-refractivity contribution is 6.25. The maximum Gasteiger partial charge on any atom is 0.314 e. The lowest BCUT2D eigenvalue weighted by Crippen LogP contribution is -2.71. The number of Topliss-reactive ketones (excluding diaryl/α,β-unsaturated/α-hetero) is 2. The quantitative estimate of drug-likeness (QED) is 0.227. The summed E-state index contributed by atoms with van der Waals surface area (Å²) in [6.45, 7) is 8.68. The molecule has 8 atom stereocenters. The number of carboxylic acid groups (broad SMARTS) is 1. The Labute approximate surface area is 203 Å². The van der Waals surface area contributed by atoms with Crippen LogP contribution in [0.25, 0.3) is 0 Å². The van der Waals surface area contributed by atoms with Crippen LogP contribution in [0.2, 0.25) is 0 Å². The smallest absolute Gasteiger partial charge is 0.314 e. The van der Waals surface area contributed by atoms with Crippen molar-refractivity contribution < 1.29 is 43.6 Å². The number of carboxylic acids is 1. The van der Waals surface area contributed by atoms with Crippen molar-refractivity contribution in [1.82, 2.24) is 5.32 Å². The van der Waals surface area contributed by atoms with Gasteiger partial charge in [0.2, 0.25) is 5.79 Å². The lowest BCUT2D eigenvalue weighted by atomic mass is 9.73. The van der Waals surface area contributed by atoms with Gasteiger partial charge in [0, 0.05) is 18.3 Å². The third-order valence-electron chi connectivity index (χ3n) is 7.49. The zero-order valence-electron chi connectivity index (χ0n) is 20.4. The van der Waals surface area contributed by atoms with Crippen molar-refractivity contribution in [2.24, 2.45) is 17.8 Å². The number of fused-ring (bicyclic) bond motifs is 1. The molecule has 0 aromatic rings. The minimum atomic E-state index is -1.60. The highest BCUT2D eigenvalue weighted by atomic mass is 16.8. The van der Waals surface area contributed by atoms with Crippen molar-refractivity contribution in [3.63, 3.8) is 0 Å². The molecule has 2 bridgehead atoms. The second-order valence-electron chi connectivity index (χ2n) is 10.1. The van der Waals surface area contributed by atoms with E-state index in [-0.39, 0.29) is 36.2 Å². The zero-order valence-corrected chi connectivity index (χ0v) is 20.4. The Bertz CT molecular complexity index is 1060. The normalized spacial score (nSPS) is 41.7. The molecule has 35 heavy (non-hydrogen) atoms. The lowest BCUT2D eigenvalue weighted by molar-refractivity contribution is -0.387. The van der Waals surface area contributed by atoms with Crippen LogP contribution in [0.15, 0.2) is 35.1 Å². The van der Waals surface area contributed by atoms with Gasteiger partial charge in [0.1, 0.15) is 29.0 Å². The van der Waals surface area contributed by atoms with E-state index in [4.69, 9.17) is 14.2 Å². The number of hydrogen-bond donors (Lipinski definition) is 3. The minimum Gasteiger partial charge on any atom is -0.507 e. The van der Waals surface area contributed by atoms with Gasteiger partial charge < -0.3 is 29.7 Å². The minimum absolute atomic E-state index is 0.00900. The Kier molecular flexibility index (Phi) is 6.27. The number of nitrogens with one attached hydrogen (secondary N) is 1. The van der Waals surface area contributed by atoms with Crippen molar-refractivity contribution >= 4 is 23.4 Å². The maximum atomic E-state index is 13.0. The SMILES string of the molecule is CC(/C=C/C(O)=C1/C(=O)CNC1=O)=C\[C@@H](C)[C@H]1O[C@@]23O[C@@H](C(=O)C[C@]2(C)O[C@H](C)[C@@H]3C(=O)O)[C@@H]1C. The highest BCUT2D eigenvalue weighted by Crippen LogP contribution is 2.57. The van der Waals surface area contributed by atoms with Gasteiger partial charge in [0.25, 0.3) is 5.91 Å². The molecule has 4 heterocycles. The molecule has 4 aliphatic rings. The average Bonchev–Trinajstić information content (AvgIpc) is 3.20. The predicted octanol–water partition coefficient (Wildman–Crippen LogP) is 1.60. The summed E-state index contributed by atoms with van der Waals surface area (Å²) in [6, 6.07) is 0. The fourth-order valence-corrected chi connectivity index (χ4v) is 5.89. The van der Waals surface area contributed by atoms with E-state index in [2.05, 4.69) is 5.32 Å². The number of aliphatic hydroxyl groups is 1. The third kappa shape index (κ3) is 3.93. The molecule has 0 radical (unpaired) electrons. The summed E-state index contributed by atoms with van der Waals surface area (Å²) in [6.07, 6.45) is 2.65. The fraction of sp³-hybridized carbons (Fsp3) is 0.600. The number of aliphatic carboxylic acids is 1. The van der Waals surface area contributed by atoms with Crippen molar-refractivity contribution in [3.05, 3.63) is 35.1 Å². The Morgan fingerprint density at radius 3 is 2.43 bits per heavy atom. The van der Waals surface area contributed by atoms with Gasteiger partial charge in [-0.05, 0) is 26.8 Å². The van der Waals surface area contributed by atoms with Crippen molar-refractivity contribution in [2.75, 3.05) is 6.54 Å². The Hall–Kier alpha value is -2.82. The Balaban J connectivity index is 1.62. The van der Waals surface area contributed by atoms with E-state index in [1.165, 1.54) is 6.08 Å². The molecule has 10 heteroatoms. The molecular weight excluding hydrogens is 458 g/mol. The van der Waals surface area contributed by atoms with Crippen LogP contribution in [0.1, 0.15) is 41.0 Å². The van der Waals surface area contributed by atoms with E-state index >= 15 is 0 Å². The van der Waals surface area contributed by atoms with Crippen molar-refractivity contribution in [3.8, 4) is 0 Å². The zero-order chi connectivity index (χ0) is 25.9. The summed E-state index contributed by atoms with van der Waals surface area (Å²) in [4.78, 5) is 48.7. The summed E-state index contributed by atoms with van der Waals surface area (Å²) in [7, 11) is 0. The molecule has 4 fully saturated rings. The number of amides is 1. The molecule has 1 amide bonds. The predicted molar refractivity (Wildman–Crippen MR) is 121 cm³/mol. The van der Waals surface area contributed by atoms with Crippen LogP contribution in [0.5, 0.6) is 0 Å². The standard InChI is InChI=1S/C25H31NO9/c1-11(6-7-15(27)18-17(29)10-26-22(18)30)8-12(2)20-13(3)21-16(28)9-24(5)25(34-20,35-21)19(23(31)32)14(4)33-24/h6-8,12-14,19-21,27H,9-10H2,1-5H3,(H,26,30)(H,31,32)/b7-6+,11-8+,18-15+/t12-,13-,14-,19-,20-,21-,24+,25+/m1/s1. The van der Waals surface area contributed by atoms with Crippen LogP contribution in [0.4, 0.5) is 0 Å². The number of rotatable bonds is 5. The van der Waals surface area contributed by atoms with E-state index in [0.29, 0.717) is 5.57 Å². The second-order valence-corrected chi connectivity index (χ2v) is 10.1. The van der Waals surface area contributed by atoms with Crippen LogP contribution in [0, 0.1) is 17.8 Å². The van der Waals surface area contributed by atoms with Gasteiger partial charge in [-0.25, -0.2) is 0 Å². The van der Waals surface area contributed by atoms with Gasteiger partial charge in [0.05, 0.1) is 18.8 Å². The van der Waals surface area contributed by atoms with Crippen LogP contribution in [0.3, 0.4) is 0 Å². The summed E-state index contributed by atoms with van der Waals surface area (Å²) in [5.74, 6) is -6.09. The van der Waals surface area contributed by atoms with E-state index in [1.807, 2.05) is 19.9 Å². The van der Waals surface area contributed by atoms with Gasteiger partial charge in [0.15, 0.2) is 11.6 Å². The molecule has 4 rings (SSSR count). The number of carbonyl (C=O) groups excluding carboxylic acids is 3. The number of ether oxygens (including phenoxy) is 3. The molecular formula is C25H31NO9. The third-order valence-corrected chi connectivity index (χ3v) is 7.49. The molecule has 1 spiro atoms. The van der Waals surface area contributed by atoms with Crippen LogP contribution in [-0.4, -0.2) is 69.9 Å². The molecule has 0 aromatic heterocycles. The van der Waals surface area contributed by atoms with E-state index in [0.717, 1.165) is 0 Å². The first-order chi connectivity index (χ1) is 16.3. The highest BCUT2D eigenvalue weighted by Gasteiger charge is 2.74. The molecule has 4 aliphatic heterocycles. The first-order valence-electron chi connectivity index (χ1n) is 11.7. The molecule has 10 nitrogen and oxygen atoms in total. The van der Waals surface area contributed by atoms with Crippen LogP contribution < -0.4 is 5.32 Å². The number of aliphatic hydroxyl groups excluding tert-OH is 1. The average molecular weight is 490 g/mol. The van der Waals surface area contributed by atoms with Gasteiger partial charge >= 0.3 is 5.97 Å². The monoisotopic (exact) mass is 489 g/mol. The van der Waals surface area contributed by atoms with Gasteiger partial charge in [-0.2, -0.15) is 0 Å². The summed E-state index contributed by atoms with van der Waals surface area (Å²) in [5, 5.41) is 22.5. The first kappa shape index (κ1) is 25.3. The van der Waals surface area contributed by atoms with Crippen LogP contribution in [-0.2, 0) is 33.4 Å². The van der Waals surface area contributed by atoms with E-state index < -0.39 is 59.0 Å². The summed E-state index contributed by atoms with van der Waals surface area (Å²) >= 11 is 0. The summed E-state index contributed by atoms with van der Waals surface area (Å²) < 4.78 is 18.6. The fourth-order valence-electron chi connectivity index (χ4n) is 5.89. The van der Waals surface area contributed by atoms with Gasteiger partial charge in [-0.1, -0.05) is 31.6 Å². The largest absolute Gasteiger partial charge is 0.507 e. The molecule has 0 aliphatic carbocycles. The second kappa shape index (κ2) is 8.69. The summed E-state index contributed by atoms with van der Waals surface area (Å²) in [5.41, 5.74) is -0.796. The number of ketones is 2. The molecule has 0 unspecified atom stereocenters. The van der Waals surface area contributed by atoms with Gasteiger partial charge in [-0.15, -0.1) is 0 Å². The molecule has 0 saturated carbocycles. The molecule has 0 aromatic carbocycles. The van der Waals surface area contributed by atoms with Crippen LogP contribution >= 0.6 is 0 Å². The van der Waals surface area contributed by atoms with Crippen molar-refractivity contribution in [2.45, 2.75) is 70.7 Å². The topological polar surface area (TPSA) is 148 Å². The molecule has 190 valence electrons. The number of allylic oxidation sites excluding steroid dienone is 3. The lowest BCUT2D eigenvalue weighted by Gasteiger charge is -2.56. The van der Waals surface area contributed by atoms with E-state index in [9.17, 15) is 29.4 Å². The molecule has 3 N–H and O–H groups in total. The number of carbonyl (C=O) groups is 4. The first-order valence-corrected chi connectivity index (χ1v) is 11.7. The molecule has 4 saturated heterocycles. The number of hydrogen-bond acceptors (Lipinski definition) is 8. The Morgan fingerprint density at radius 1 is 1.14 bits per heavy atom. The van der Waals surface area contributed by atoms with E-state index in [1.54, 1.807) is 26.8 Å². The van der Waals surface area contributed by atoms with Gasteiger partial charge in [-0.3, -0.25) is 19.2 Å². The Morgan fingerprint density at radius 2 is 1.83 bits per heavy atom. The maximum absolute atomic E-state index is 13.0. The van der Waals surface area contributed by atoms with Crippen molar-refractivity contribution in [1.29, 1.82) is 0 Å².